The number of nitrogens with zero attached hydrogens (tertiary/aromatic N) is 9. The Balaban J connectivity index is 0.669. The molecule has 0 radical (unpaired) electrons. The lowest BCUT2D eigenvalue weighted by atomic mass is 9.89. The number of aliphatic hydroxyl groups is 1. The summed E-state index contributed by atoms with van der Waals surface area (Å²) in [4.78, 5) is 78.1. The molecule has 3 fully saturated rings. The second-order valence-electron chi connectivity index (χ2n) is 24.2. The van der Waals surface area contributed by atoms with E-state index in [9.17, 15) is 24.3 Å². The van der Waals surface area contributed by atoms with Crippen molar-refractivity contribution in [2.24, 2.45) is 11.8 Å². The van der Waals surface area contributed by atoms with Gasteiger partial charge in [0.15, 0.2) is 10.9 Å². The number of nitrogens with one attached hydrogen (secondary N) is 3. The Morgan fingerprint density at radius 2 is 1.68 bits per heavy atom. The zero-order chi connectivity index (χ0) is 60.3. The number of aryl methyl sites for hydroxylation is 1. The summed E-state index contributed by atoms with van der Waals surface area (Å²) in [7, 11) is 0. The third-order valence-electron chi connectivity index (χ3n) is 17.9. The molecule has 8 aromatic rings. The summed E-state index contributed by atoms with van der Waals surface area (Å²) in [5.74, 6) is -0.245. The van der Waals surface area contributed by atoms with Gasteiger partial charge in [-0.25, -0.2) is 15.0 Å². The van der Waals surface area contributed by atoms with Gasteiger partial charge in [0.05, 0.1) is 44.6 Å². The topological polar surface area (TPSA) is 226 Å². The highest BCUT2D eigenvalue weighted by Gasteiger charge is 2.44. The van der Waals surface area contributed by atoms with E-state index in [0.29, 0.717) is 79.3 Å². The van der Waals surface area contributed by atoms with E-state index in [4.69, 9.17) is 19.3 Å². The van der Waals surface area contributed by atoms with Gasteiger partial charge >= 0.3 is 0 Å². The van der Waals surface area contributed by atoms with Gasteiger partial charge in [0.25, 0.3) is 17.7 Å². The van der Waals surface area contributed by atoms with Crippen LogP contribution in [0, 0.1) is 25.7 Å². The molecular formula is C66H76N12O7S2. The van der Waals surface area contributed by atoms with E-state index in [1.54, 1.807) is 17.4 Å². The molecule has 1 aliphatic carbocycles. The van der Waals surface area contributed by atoms with Crippen LogP contribution in [0.1, 0.15) is 139 Å². The number of hydrogen-bond donors (Lipinski definition) is 4. The van der Waals surface area contributed by atoms with E-state index < -0.39 is 18.1 Å². The maximum Gasteiger partial charge on any atom is 0.270 e. The van der Waals surface area contributed by atoms with Gasteiger partial charge in [-0.1, -0.05) is 93.0 Å². The Morgan fingerprint density at radius 1 is 0.874 bits per heavy atom. The third-order valence-corrected chi connectivity index (χ3v) is 19.9. The third kappa shape index (κ3) is 13.2. The molecule has 0 spiro atoms. The van der Waals surface area contributed by atoms with Crippen LogP contribution in [0.2, 0.25) is 0 Å². The lowest BCUT2D eigenvalue weighted by Crippen LogP contribution is -2.48. The summed E-state index contributed by atoms with van der Waals surface area (Å²) in [5.41, 5.74) is 11.2. The highest BCUT2D eigenvalue weighted by atomic mass is 32.1. The molecule has 12 rings (SSSR count). The number of β-amino-alcohol motifs (C(OH)–C–C–N with tert-alkyl or cyclic N) is 1. The van der Waals surface area contributed by atoms with Gasteiger partial charge in [0.2, 0.25) is 11.8 Å². The van der Waals surface area contributed by atoms with Gasteiger partial charge in [-0.15, -0.1) is 11.3 Å². The molecule has 4 N–H and O–H groups in total. The van der Waals surface area contributed by atoms with Crippen LogP contribution in [0.25, 0.3) is 31.8 Å². The highest BCUT2D eigenvalue weighted by Crippen LogP contribution is 2.37. The minimum Gasteiger partial charge on any atom is -0.472 e. The Bertz CT molecular complexity index is 3730. The number of carbonyl (C=O) groups excluding carboxylic acids is 4. The molecule has 5 aromatic heterocycles. The van der Waals surface area contributed by atoms with Gasteiger partial charge in [0.1, 0.15) is 29.6 Å². The number of fused-ring (bicyclic) bond motifs is 2. The first kappa shape index (κ1) is 59.5. The molecule has 4 atom stereocenters. The van der Waals surface area contributed by atoms with E-state index in [-0.39, 0.29) is 60.5 Å². The first-order valence-corrected chi connectivity index (χ1v) is 32.4. The first-order valence-electron chi connectivity index (χ1n) is 30.7. The number of thiazole rings is 2. The van der Waals surface area contributed by atoms with Crippen molar-refractivity contribution >= 4 is 67.5 Å². The lowest BCUT2D eigenvalue weighted by molar-refractivity contribution is -0.141. The number of para-hydroxylation sites is 1. The molecular weight excluding hydrogens is 1140 g/mol. The molecule has 19 nitrogen and oxygen atoms in total. The number of ether oxygens (including phenoxy) is 1. The van der Waals surface area contributed by atoms with Crippen LogP contribution in [0.3, 0.4) is 0 Å². The van der Waals surface area contributed by atoms with Crippen LogP contribution < -0.4 is 25.6 Å². The molecule has 87 heavy (non-hydrogen) atoms. The second kappa shape index (κ2) is 26.2. The first-order chi connectivity index (χ1) is 42.2. The number of benzene rings is 3. The molecule has 3 aliphatic heterocycles. The van der Waals surface area contributed by atoms with Crippen LogP contribution in [-0.2, 0) is 29.1 Å². The molecule has 21 heteroatoms. The average molecular weight is 1210 g/mol. The number of aromatic nitrogens is 6. The highest BCUT2D eigenvalue weighted by molar-refractivity contribution is 7.22. The maximum atomic E-state index is 14.6. The van der Waals surface area contributed by atoms with Crippen LogP contribution in [0.15, 0.2) is 101 Å². The Hall–Kier alpha value is -7.85. The number of amides is 4. The molecule has 8 heterocycles. The Labute approximate surface area is 514 Å². The van der Waals surface area contributed by atoms with Crippen molar-refractivity contribution in [2.75, 3.05) is 49.5 Å². The van der Waals surface area contributed by atoms with Crippen molar-refractivity contribution in [3.63, 3.8) is 0 Å². The van der Waals surface area contributed by atoms with E-state index in [1.165, 1.54) is 48.3 Å². The molecule has 4 aliphatic rings. The summed E-state index contributed by atoms with van der Waals surface area (Å²) < 4.78 is 15.3. The zero-order valence-electron chi connectivity index (χ0n) is 50.0. The van der Waals surface area contributed by atoms with Crippen molar-refractivity contribution in [3.8, 4) is 27.4 Å². The van der Waals surface area contributed by atoms with Gasteiger partial charge in [-0.05, 0) is 122 Å². The number of rotatable bonds is 19. The summed E-state index contributed by atoms with van der Waals surface area (Å²) in [6.45, 7) is 14.3. The number of carbonyl (C=O) groups is 4. The van der Waals surface area contributed by atoms with Gasteiger partial charge in [-0.3, -0.25) is 29.2 Å². The van der Waals surface area contributed by atoms with Crippen LogP contribution in [0.4, 0.5) is 10.9 Å². The fraction of sp³-hybridized carbons (Fsp3) is 0.439. The monoisotopic (exact) mass is 1210 g/mol. The van der Waals surface area contributed by atoms with Crippen LogP contribution >= 0.6 is 22.7 Å². The number of hydrogen-bond acceptors (Lipinski definition) is 16. The zero-order valence-corrected chi connectivity index (χ0v) is 51.7. The minimum atomic E-state index is -0.859. The second-order valence-corrected chi connectivity index (χ2v) is 26.1. The van der Waals surface area contributed by atoms with Crippen molar-refractivity contribution < 1.29 is 33.5 Å². The van der Waals surface area contributed by atoms with E-state index in [2.05, 4.69) is 58.5 Å². The van der Waals surface area contributed by atoms with Crippen molar-refractivity contribution in [1.29, 1.82) is 0 Å². The van der Waals surface area contributed by atoms with Gasteiger partial charge in [-0.2, -0.15) is 5.10 Å². The molecule has 1 saturated carbocycles. The molecule has 0 bridgehead atoms. The maximum absolute atomic E-state index is 14.6. The molecule has 3 aromatic carbocycles. The average Bonchev–Trinajstić information content (AvgIpc) is 2.26. The quantitative estimate of drug-likeness (QED) is 0.0591. The summed E-state index contributed by atoms with van der Waals surface area (Å²) in [5, 5.41) is 29.9. The number of aliphatic hydroxyl groups excluding tert-OH is 1. The summed E-state index contributed by atoms with van der Waals surface area (Å²) >= 11 is 3.03. The van der Waals surface area contributed by atoms with E-state index in [1.807, 2.05) is 112 Å². The van der Waals surface area contributed by atoms with Crippen molar-refractivity contribution in [3.05, 3.63) is 142 Å². The molecule has 0 unspecified atom stereocenters. The fourth-order valence-electron chi connectivity index (χ4n) is 13.0. The van der Waals surface area contributed by atoms with Gasteiger partial charge in [0, 0.05) is 87.2 Å². The Morgan fingerprint density at radius 3 is 2.45 bits per heavy atom. The normalized spacial score (nSPS) is 18.4. The van der Waals surface area contributed by atoms with E-state index >= 15 is 0 Å². The van der Waals surface area contributed by atoms with Gasteiger partial charge < -0.3 is 39.7 Å². The minimum absolute atomic E-state index is 0.0294. The number of likely N-dealkylation sites (tertiary alicyclic amines) is 2. The standard InChI is InChI=1S/C66H76N12O7S2/c1-39(2)59(65(83)77-36-47(79)32-54(77)63(81)70-40(3)44-18-20-46(21-19-44)61-41(4)68-38-86-61)55-33-58(74-85-55)84-48-25-28-75(29-26-48)31-27-67-64(82)60-49(51-34-69-78(42(51)5)35-43-12-7-6-8-13-43)22-23-57(72-60)76-30-24-45-14-11-15-50(52(45)37-76)62(80)73-66-71-53-16-9-10-17-56(53)87-66/h9-11,14-23,33-34,38-40,43,47-48,54,59,79H,6-8,12-13,24-32,35-37H2,1-5H3,(H,67,82)(H,70,81)(H,71,73,80)/t40-,47+,54-,59-/m0/s1. The molecule has 4 amide bonds. The lowest BCUT2D eigenvalue weighted by Gasteiger charge is -2.32. The summed E-state index contributed by atoms with van der Waals surface area (Å²) in [6.07, 6.45) is 9.29. The molecule has 2 saturated heterocycles. The number of anilines is 2. The van der Waals surface area contributed by atoms with E-state index in [0.717, 1.165) is 79.5 Å². The summed E-state index contributed by atoms with van der Waals surface area (Å²) in [6, 6.07) is 26.2. The predicted molar refractivity (Wildman–Crippen MR) is 337 cm³/mol. The van der Waals surface area contributed by atoms with Crippen LogP contribution in [-0.4, -0.2) is 126 Å². The SMILES string of the molecule is Cc1ncsc1-c1ccc([C@H](C)NC(=O)[C@@H]2C[C@@H](O)CN2C(=O)[C@H](c2cc(OC3CCN(CCNC(=O)c4nc(N5CCc6cccc(C(=O)Nc7nc8ccccc8s7)c6C5)ccc4-c4cnn(CC5CCCCC5)c4C)CC3)no2)C(C)C)cc1. The van der Waals surface area contributed by atoms with Crippen molar-refractivity contribution in [2.45, 2.75) is 136 Å². The largest absolute Gasteiger partial charge is 0.472 e. The number of pyridine rings is 1. The smallest absolute Gasteiger partial charge is 0.270 e. The number of piperidine rings is 1. The molecule has 454 valence electrons. The fourth-order valence-corrected chi connectivity index (χ4v) is 14.7. The van der Waals surface area contributed by atoms with Crippen molar-refractivity contribution in [1.82, 2.24) is 50.3 Å². The predicted octanol–water partition coefficient (Wildman–Crippen LogP) is 10.5. The van der Waals surface area contributed by atoms with Crippen LogP contribution in [0.5, 0.6) is 5.88 Å². The Kier molecular flexibility index (Phi) is 17.9.